The first-order valence-corrected chi connectivity index (χ1v) is 8.36. The van der Waals surface area contributed by atoms with Crippen molar-refractivity contribution < 1.29 is 9.59 Å². The summed E-state index contributed by atoms with van der Waals surface area (Å²) in [4.78, 5) is 24.2. The van der Waals surface area contributed by atoms with Crippen LogP contribution in [0.1, 0.15) is 48.5 Å². The van der Waals surface area contributed by atoms with Crippen molar-refractivity contribution in [3.8, 4) is 0 Å². The molecule has 0 bridgehead atoms. The van der Waals surface area contributed by atoms with E-state index in [9.17, 15) is 9.59 Å². The van der Waals surface area contributed by atoms with Gasteiger partial charge in [0.25, 0.3) is 5.91 Å². The number of para-hydroxylation sites is 1. The smallest absolute Gasteiger partial charge is 0.255 e. The van der Waals surface area contributed by atoms with Crippen molar-refractivity contribution >= 4 is 23.2 Å². The Kier molecular flexibility index (Phi) is 4.65. The predicted octanol–water partition coefficient (Wildman–Crippen LogP) is 4.41. The zero-order chi connectivity index (χ0) is 17.1. The Morgan fingerprint density at radius 1 is 0.958 bits per heavy atom. The van der Waals surface area contributed by atoms with Crippen LogP contribution < -0.4 is 10.6 Å². The van der Waals surface area contributed by atoms with Crippen LogP contribution in [0.2, 0.25) is 0 Å². The largest absolute Gasteiger partial charge is 0.326 e. The Labute approximate surface area is 142 Å². The van der Waals surface area contributed by atoms with Gasteiger partial charge in [-0.05, 0) is 54.7 Å². The highest BCUT2D eigenvalue weighted by atomic mass is 16.2. The topological polar surface area (TPSA) is 58.2 Å². The first-order valence-electron chi connectivity index (χ1n) is 8.36. The molecule has 24 heavy (non-hydrogen) atoms. The second kappa shape index (κ2) is 6.87. The van der Waals surface area contributed by atoms with E-state index in [0.29, 0.717) is 11.5 Å². The van der Waals surface area contributed by atoms with Crippen LogP contribution in [0.5, 0.6) is 0 Å². The number of carbonyl (C=O) groups excluding carboxylic acids is 2. The van der Waals surface area contributed by atoms with Crippen LogP contribution in [0.25, 0.3) is 0 Å². The fraction of sp³-hybridized carbons (Fsp3) is 0.300. The number of nitrogens with one attached hydrogen (secondary N) is 2. The molecule has 2 N–H and O–H groups in total. The molecular weight excluding hydrogens is 300 g/mol. The van der Waals surface area contributed by atoms with Gasteiger partial charge in [-0.1, -0.05) is 32.0 Å². The summed E-state index contributed by atoms with van der Waals surface area (Å²) in [7, 11) is 0. The Balaban J connectivity index is 1.68. The number of amides is 2. The molecule has 3 rings (SSSR count). The van der Waals surface area contributed by atoms with E-state index in [0.717, 1.165) is 29.8 Å². The number of rotatable bonds is 5. The molecule has 2 aromatic rings. The minimum Gasteiger partial charge on any atom is -0.326 e. The van der Waals surface area contributed by atoms with Crippen molar-refractivity contribution in [2.75, 3.05) is 10.6 Å². The third-order valence-corrected chi connectivity index (χ3v) is 4.19. The van der Waals surface area contributed by atoms with Crippen LogP contribution in [-0.4, -0.2) is 11.8 Å². The molecule has 0 unspecified atom stereocenters. The van der Waals surface area contributed by atoms with Crippen LogP contribution in [0.4, 0.5) is 11.4 Å². The van der Waals surface area contributed by atoms with Crippen LogP contribution in [0, 0.1) is 5.92 Å². The molecule has 0 aromatic heterocycles. The van der Waals surface area contributed by atoms with Crippen LogP contribution in [0.3, 0.4) is 0 Å². The van der Waals surface area contributed by atoms with Gasteiger partial charge in [0.15, 0.2) is 0 Å². The van der Waals surface area contributed by atoms with Crippen molar-refractivity contribution in [1.82, 2.24) is 0 Å². The molecule has 1 saturated carbocycles. The first-order chi connectivity index (χ1) is 11.5. The average Bonchev–Trinajstić information content (AvgIpc) is 3.40. The maximum Gasteiger partial charge on any atom is 0.255 e. The van der Waals surface area contributed by atoms with Gasteiger partial charge >= 0.3 is 0 Å². The third kappa shape index (κ3) is 3.82. The second-order valence-corrected chi connectivity index (χ2v) is 6.54. The van der Waals surface area contributed by atoms with Gasteiger partial charge in [-0.25, -0.2) is 0 Å². The molecule has 0 spiro atoms. The fourth-order valence-corrected chi connectivity index (χ4v) is 2.60. The summed E-state index contributed by atoms with van der Waals surface area (Å²) in [6.45, 7) is 4.20. The van der Waals surface area contributed by atoms with Gasteiger partial charge in [0.1, 0.15) is 0 Å². The quantitative estimate of drug-likeness (QED) is 0.856. The summed E-state index contributed by atoms with van der Waals surface area (Å²) < 4.78 is 0. The Morgan fingerprint density at radius 3 is 2.25 bits per heavy atom. The molecule has 1 fully saturated rings. The Morgan fingerprint density at radius 2 is 1.62 bits per heavy atom. The molecule has 4 nitrogen and oxygen atoms in total. The number of carbonyl (C=O) groups is 2. The monoisotopic (exact) mass is 322 g/mol. The van der Waals surface area contributed by atoms with Gasteiger partial charge in [0.2, 0.25) is 5.91 Å². The summed E-state index contributed by atoms with van der Waals surface area (Å²) in [5.74, 6) is 0.420. The van der Waals surface area contributed by atoms with E-state index < -0.39 is 0 Å². The van der Waals surface area contributed by atoms with Crippen molar-refractivity contribution in [2.45, 2.75) is 32.6 Å². The number of hydrogen-bond donors (Lipinski definition) is 2. The molecule has 0 radical (unpaired) electrons. The van der Waals surface area contributed by atoms with E-state index in [-0.39, 0.29) is 17.7 Å². The van der Waals surface area contributed by atoms with E-state index in [1.807, 2.05) is 24.3 Å². The number of benzene rings is 2. The van der Waals surface area contributed by atoms with Gasteiger partial charge in [-0.15, -0.1) is 0 Å². The molecule has 0 atom stereocenters. The molecule has 0 saturated heterocycles. The molecule has 0 heterocycles. The van der Waals surface area contributed by atoms with Gasteiger partial charge < -0.3 is 10.6 Å². The average molecular weight is 322 g/mol. The van der Waals surface area contributed by atoms with E-state index in [1.165, 1.54) is 0 Å². The highest BCUT2D eigenvalue weighted by Crippen LogP contribution is 2.30. The van der Waals surface area contributed by atoms with Gasteiger partial charge in [-0.3, -0.25) is 9.59 Å². The second-order valence-electron chi connectivity index (χ2n) is 6.54. The lowest BCUT2D eigenvalue weighted by molar-refractivity contribution is -0.117. The normalized spacial score (nSPS) is 13.6. The standard InChI is InChI=1S/C20H22N2O2/c1-13(2)17-5-3-4-6-18(17)22-20(24)15-9-11-16(12-10-15)21-19(23)14-7-8-14/h3-6,9-14H,7-8H2,1-2H3,(H,21,23)(H,22,24). The third-order valence-electron chi connectivity index (χ3n) is 4.19. The summed E-state index contributed by atoms with van der Waals surface area (Å²) in [5, 5.41) is 5.84. The Hall–Kier alpha value is -2.62. The minimum absolute atomic E-state index is 0.0677. The fourth-order valence-electron chi connectivity index (χ4n) is 2.60. The van der Waals surface area contributed by atoms with Gasteiger partial charge in [0.05, 0.1) is 0 Å². The van der Waals surface area contributed by atoms with Crippen molar-refractivity contribution in [2.24, 2.45) is 5.92 Å². The molecule has 2 aromatic carbocycles. The molecule has 1 aliphatic rings. The summed E-state index contributed by atoms with van der Waals surface area (Å²) >= 11 is 0. The van der Waals surface area contributed by atoms with Crippen molar-refractivity contribution in [3.63, 3.8) is 0 Å². The van der Waals surface area contributed by atoms with Gasteiger partial charge in [0, 0.05) is 22.9 Å². The Bertz CT molecular complexity index is 746. The summed E-state index contributed by atoms with van der Waals surface area (Å²) in [6.07, 6.45) is 1.95. The van der Waals surface area contributed by atoms with Crippen molar-refractivity contribution in [1.29, 1.82) is 0 Å². The zero-order valence-corrected chi connectivity index (χ0v) is 14.0. The first kappa shape index (κ1) is 16.2. The maximum atomic E-state index is 12.4. The van der Waals surface area contributed by atoms with Crippen LogP contribution >= 0.6 is 0 Å². The minimum atomic E-state index is -0.150. The maximum absolute atomic E-state index is 12.4. The molecule has 1 aliphatic carbocycles. The predicted molar refractivity (Wildman–Crippen MR) is 96.3 cm³/mol. The highest BCUT2D eigenvalue weighted by molar-refractivity contribution is 6.05. The lowest BCUT2D eigenvalue weighted by atomic mass is 10.0. The van der Waals surface area contributed by atoms with E-state index >= 15 is 0 Å². The molecular formula is C20H22N2O2. The summed E-state index contributed by atoms with van der Waals surface area (Å²) in [6, 6.07) is 14.8. The zero-order valence-electron chi connectivity index (χ0n) is 14.0. The molecule has 0 aliphatic heterocycles. The van der Waals surface area contributed by atoms with E-state index in [2.05, 4.69) is 24.5 Å². The lowest BCUT2D eigenvalue weighted by Gasteiger charge is -2.13. The SMILES string of the molecule is CC(C)c1ccccc1NC(=O)c1ccc(NC(=O)C2CC2)cc1. The molecule has 2 amide bonds. The summed E-state index contributed by atoms with van der Waals surface area (Å²) in [5.41, 5.74) is 3.24. The van der Waals surface area contributed by atoms with Crippen LogP contribution in [-0.2, 0) is 4.79 Å². The van der Waals surface area contributed by atoms with E-state index in [4.69, 9.17) is 0 Å². The van der Waals surface area contributed by atoms with Crippen LogP contribution in [0.15, 0.2) is 48.5 Å². The highest BCUT2D eigenvalue weighted by Gasteiger charge is 2.29. The van der Waals surface area contributed by atoms with Gasteiger partial charge in [-0.2, -0.15) is 0 Å². The van der Waals surface area contributed by atoms with E-state index in [1.54, 1.807) is 24.3 Å². The molecule has 124 valence electrons. The number of anilines is 2. The lowest BCUT2D eigenvalue weighted by Crippen LogP contribution is -2.15. The number of hydrogen-bond acceptors (Lipinski definition) is 2. The molecule has 4 heteroatoms. The van der Waals surface area contributed by atoms with Crippen molar-refractivity contribution in [3.05, 3.63) is 59.7 Å².